The molecule has 0 heterocycles. The van der Waals surface area contributed by atoms with Gasteiger partial charge in [0.1, 0.15) is 6.54 Å². The molecule has 0 aromatic heterocycles. The van der Waals surface area contributed by atoms with E-state index < -0.39 is 51.6 Å². The fraction of sp³-hybridized carbons (Fsp3) is 0.174. The second kappa shape index (κ2) is 9.98. The van der Waals surface area contributed by atoms with Crippen molar-refractivity contribution in [3.63, 3.8) is 0 Å². The molecule has 0 fully saturated rings. The van der Waals surface area contributed by atoms with Gasteiger partial charge >= 0.3 is 12.4 Å². The van der Waals surface area contributed by atoms with Crippen LogP contribution in [0.5, 0.6) is 0 Å². The lowest BCUT2D eigenvalue weighted by Gasteiger charge is -2.25. The van der Waals surface area contributed by atoms with Gasteiger partial charge in [-0.2, -0.15) is 26.3 Å². The van der Waals surface area contributed by atoms with Crippen molar-refractivity contribution in [1.29, 1.82) is 0 Å². The highest BCUT2D eigenvalue weighted by Gasteiger charge is 2.33. The van der Waals surface area contributed by atoms with Gasteiger partial charge in [0, 0.05) is 6.54 Å². The van der Waals surface area contributed by atoms with Crippen LogP contribution in [0.25, 0.3) is 0 Å². The summed E-state index contributed by atoms with van der Waals surface area (Å²) in [6.07, 6.45) is -9.35. The summed E-state index contributed by atoms with van der Waals surface area (Å²) in [6.45, 7) is -1.26. The van der Waals surface area contributed by atoms with Gasteiger partial charge in [-0.15, -0.1) is 0 Å². The van der Waals surface area contributed by atoms with Gasteiger partial charge in [-0.3, -0.25) is 9.10 Å². The zero-order valence-electron chi connectivity index (χ0n) is 17.8. The molecular weight excluding hydrogens is 498 g/mol. The molecule has 12 heteroatoms. The molecule has 3 aromatic carbocycles. The molecule has 5 nitrogen and oxygen atoms in total. The van der Waals surface area contributed by atoms with Crippen LogP contribution >= 0.6 is 0 Å². The van der Waals surface area contributed by atoms with E-state index >= 15 is 0 Å². The van der Waals surface area contributed by atoms with E-state index in [-0.39, 0.29) is 17.0 Å². The molecule has 0 aliphatic rings. The lowest BCUT2D eigenvalue weighted by Crippen LogP contribution is -2.40. The highest BCUT2D eigenvalue weighted by molar-refractivity contribution is 7.92. The van der Waals surface area contributed by atoms with Crippen LogP contribution in [-0.2, 0) is 33.7 Å². The van der Waals surface area contributed by atoms with Crippen LogP contribution in [0.2, 0.25) is 0 Å². The van der Waals surface area contributed by atoms with Crippen molar-refractivity contribution < 1.29 is 39.6 Å². The first-order valence-corrected chi connectivity index (χ1v) is 11.4. The number of rotatable bonds is 7. The maximum atomic E-state index is 13.2. The molecule has 0 saturated carbocycles. The quantitative estimate of drug-likeness (QED) is 0.437. The third-order valence-electron chi connectivity index (χ3n) is 4.82. The normalized spacial score (nSPS) is 12.3. The standard InChI is InChI=1S/C23H18F6N2O3S/c24-22(25,26)17-7-4-6-16(12-17)14-30-21(32)15-31(35(33,34)20-10-2-1-3-11-20)19-9-5-8-18(13-19)23(27,28)29/h1-13H,14-15H2,(H,30,32). The van der Waals surface area contributed by atoms with Crippen LogP contribution in [0.1, 0.15) is 16.7 Å². The Morgan fingerprint density at radius 1 is 0.771 bits per heavy atom. The monoisotopic (exact) mass is 516 g/mol. The topological polar surface area (TPSA) is 66.5 Å². The number of sulfonamides is 1. The Morgan fingerprint density at radius 3 is 1.94 bits per heavy atom. The molecule has 1 amide bonds. The molecular formula is C23H18F6N2O3S. The van der Waals surface area contributed by atoms with Gasteiger partial charge in [-0.05, 0) is 48.0 Å². The van der Waals surface area contributed by atoms with E-state index in [1.807, 2.05) is 0 Å². The first-order chi connectivity index (χ1) is 16.3. The Hall–Kier alpha value is -3.54. The number of nitrogens with one attached hydrogen (secondary N) is 1. The Morgan fingerprint density at radius 2 is 1.34 bits per heavy atom. The zero-order valence-corrected chi connectivity index (χ0v) is 18.6. The summed E-state index contributed by atoms with van der Waals surface area (Å²) in [4.78, 5) is 12.3. The van der Waals surface area contributed by atoms with Crippen LogP contribution < -0.4 is 9.62 Å². The first kappa shape index (κ1) is 26.1. The van der Waals surface area contributed by atoms with Gasteiger partial charge in [0.05, 0.1) is 21.7 Å². The zero-order chi connectivity index (χ0) is 25.9. The second-order valence-electron chi connectivity index (χ2n) is 7.35. The van der Waals surface area contributed by atoms with Crippen molar-refractivity contribution in [2.45, 2.75) is 23.8 Å². The van der Waals surface area contributed by atoms with Gasteiger partial charge in [0.25, 0.3) is 10.0 Å². The molecule has 0 spiro atoms. The van der Waals surface area contributed by atoms with Gasteiger partial charge in [0.15, 0.2) is 0 Å². The first-order valence-electron chi connectivity index (χ1n) is 9.96. The third-order valence-corrected chi connectivity index (χ3v) is 6.61. The Bertz CT molecular complexity index is 1290. The van der Waals surface area contributed by atoms with Gasteiger partial charge in [0.2, 0.25) is 5.91 Å². The molecule has 3 aromatic rings. The highest BCUT2D eigenvalue weighted by Crippen LogP contribution is 2.33. The fourth-order valence-electron chi connectivity index (χ4n) is 3.12. The third kappa shape index (κ3) is 6.53. The van der Waals surface area contributed by atoms with Crippen LogP contribution in [0.15, 0.2) is 83.8 Å². The number of amides is 1. The average Bonchev–Trinajstić information content (AvgIpc) is 2.81. The number of nitrogens with zero attached hydrogens (tertiary/aromatic N) is 1. The van der Waals surface area contributed by atoms with E-state index in [1.54, 1.807) is 0 Å². The van der Waals surface area contributed by atoms with Crippen LogP contribution in [0.4, 0.5) is 32.0 Å². The van der Waals surface area contributed by atoms with Gasteiger partial charge in [-0.1, -0.05) is 36.4 Å². The van der Waals surface area contributed by atoms with E-state index in [4.69, 9.17) is 0 Å². The lowest BCUT2D eigenvalue weighted by atomic mass is 10.1. The molecule has 0 aliphatic heterocycles. The molecule has 0 saturated heterocycles. The van der Waals surface area contributed by atoms with Crippen molar-refractivity contribution in [3.05, 3.63) is 95.6 Å². The number of alkyl halides is 6. The van der Waals surface area contributed by atoms with Gasteiger partial charge in [-0.25, -0.2) is 8.42 Å². The smallest absolute Gasteiger partial charge is 0.350 e. The van der Waals surface area contributed by atoms with E-state index in [9.17, 15) is 39.6 Å². The minimum absolute atomic E-state index is 0.102. The molecule has 0 bridgehead atoms. The van der Waals surface area contributed by atoms with E-state index in [2.05, 4.69) is 5.32 Å². The minimum Gasteiger partial charge on any atom is -0.350 e. The lowest BCUT2D eigenvalue weighted by molar-refractivity contribution is -0.138. The van der Waals surface area contributed by atoms with Crippen molar-refractivity contribution in [2.24, 2.45) is 0 Å². The predicted octanol–water partition coefficient (Wildman–Crippen LogP) is 5.24. The predicted molar refractivity (Wildman–Crippen MR) is 116 cm³/mol. The maximum absolute atomic E-state index is 13.2. The van der Waals surface area contributed by atoms with E-state index in [0.29, 0.717) is 10.4 Å². The average molecular weight is 516 g/mol. The number of halogens is 6. The molecule has 186 valence electrons. The largest absolute Gasteiger partial charge is 0.416 e. The van der Waals surface area contributed by atoms with Crippen LogP contribution in [0, 0.1) is 0 Å². The van der Waals surface area contributed by atoms with Crippen LogP contribution in [0.3, 0.4) is 0 Å². The van der Waals surface area contributed by atoms with Crippen LogP contribution in [-0.4, -0.2) is 20.9 Å². The number of hydrogen-bond acceptors (Lipinski definition) is 3. The van der Waals surface area contributed by atoms with E-state index in [0.717, 1.165) is 36.4 Å². The fourth-order valence-corrected chi connectivity index (χ4v) is 4.55. The van der Waals surface area contributed by atoms with Crippen molar-refractivity contribution >= 4 is 21.6 Å². The van der Waals surface area contributed by atoms with Crippen molar-refractivity contribution in [1.82, 2.24) is 5.32 Å². The molecule has 3 rings (SSSR count). The summed E-state index contributed by atoms with van der Waals surface area (Å²) in [5, 5.41) is 2.31. The molecule has 0 atom stereocenters. The molecule has 35 heavy (non-hydrogen) atoms. The number of anilines is 1. The minimum atomic E-state index is -4.76. The maximum Gasteiger partial charge on any atom is 0.416 e. The summed E-state index contributed by atoms with van der Waals surface area (Å²) in [5.41, 5.74) is -2.35. The Labute approximate surface area is 197 Å². The number of hydrogen-bond donors (Lipinski definition) is 1. The number of carbonyl (C=O) groups excluding carboxylic acids is 1. The number of benzene rings is 3. The Balaban J connectivity index is 1.89. The molecule has 0 radical (unpaired) electrons. The molecule has 0 unspecified atom stereocenters. The second-order valence-corrected chi connectivity index (χ2v) is 9.21. The van der Waals surface area contributed by atoms with Crippen molar-refractivity contribution in [3.8, 4) is 0 Å². The molecule has 0 aliphatic carbocycles. The highest BCUT2D eigenvalue weighted by atomic mass is 32.2. The van der Waals surface area contributed by atoms with Gasteiger partial charge < -0.3 is 5.32 Å². The SMILES string of the molecule is O=C(CN(c1cccc(C(F)(F)F)c1)S(=O)(=O)c1ccccc1)NCc1cccc(C(F)(F)F)c1. The molecule has 1 N–H and O–H groups in total. The number of carbonyl (C=O) groups is 1. The Kier molecular flexibility index (Phi) is 7.44. The summed E-state index contributed by atoms with van der Waals surface area (Å²) in [7, 11) is -4.46. The summed E-state index contributed by atoms with van der Waals surface area (Å²) in [6, 6.07) is 14.4. The van der Waals surface area contributed by atoms with E-state index in [1.165, 1.54) is 36.4 Å². The summed E-state index contributed by atoms with van der Waals surface area (Å²) < 4.78 is 105. The van der Waals surface area contributed by atoms with Crippen molar-refractivity contribution in [2.75, 3.05) is 10.8 Å². The summed E-state index contributed by atoms with van der Waals surface area (Å²) >= 11 is 0. The summed E-state index contributed by atoms with van der Waals surface area (Å²) in [5.74, 6) is -0.931.